The van der Waals surface area contributed by atoms with E-state index in [2.05, 4.69) is 46.0 Å². The standard InChI is InChI=1S/C35H38ClN3O5S/c1-24-20-39(25(2)23-40)35(41)32-19-30(37-45(42,43)31-16-13-29(36)14-17-31)15-18-33(32)44-34(24)22-38(3)21-26-9-11-28(12-10-26)27-7-5-4-6-8-27/h4-19,24-25,34,37,40H,20-23H2,1-3H3/t24-,25+,34+/m0/s1. The van der Waals surface area contributed by atoms with Crippen molar-refractivity contribution in [3.05, 3.63) is 113 Å². The maximum atomic E-state index is 13.8. The Kier molecular flexibility index (Phi) is 10.1. The fourth-order valence-electron chi connectivity index (χ4n) is 5.45. The Hall–Kier alpha value is -3.89. The van der Waals surface area contributed by atoms with Gasteiger partial charge in [-0.05, 0) is 73.1 Å². The van der Waals surface area contributed by atoms with Gasteiger partial charge in [-0.1, -0.05) is 73.1 Å². The van der Waals surface area contributed by atoms with Crippen molar-refractivity contribution in [1.82, 2.24) is 9.80 Å². The summed E-state index contributed by atoms with van der Waals surface area (Å²) in [6.45, 7) is 5.28. The van der Waals surface area contributed by atoms with Gasteiger partial charge in [-0.15, -0.1) is 0 Å². The minimum Gasteiger partial charge on any atom is -0.488 e. The SMILES string of the molecule is C[C@H](CO)N1C[C@H](C)[C@@H](CN(C)Cc2ccc(-c3ccccc3)cc2)Oc2ccc(NS(=O)(=O)c3ccc(Cl)cc3)cc2C1=O. The molecule has 0 saturated carbocycles. The number of likely N-dealkylation sites (N-methyl/N-ethyl adjacent to an activating group) is 1. The van der Waals surface area contributed by atoms with Gasteiger partial charge in [0.15, 0.2) is 0 Å². The molecule has 3 atom stereocenters. The number of benzene rings is 4. The highest BCUT2D eigenvalue weighted by Crippen LogP contribution is 2.32. The number of nitrogens with zero attached hydrogens (tertiary/aromatic N) is 2. The van der Waals surface area contributed by atoms with Crippen molar-refractivity contribution >= 4 is 33.2 Å². The van der Waals surface area contributed by atoms with Gasteiger partial charge in [0, 0.05) is 36.3 Å². The molecule has 4 aromatic carbocycles. The third kappa shape index (κ3) is 7.86. The Balaban J connectivity index is 1.36. The number of hydrogen-bond acceptors (Lipinski definition) is 6. The maximum Gasteiger partial charge on any atom is 0.261 e. The van der Waals surface area contributed by atoms with Crippen molar-refractivity contribution in [2.24, 2.45) is 5.92 Å². The lowest BCUT2D eigenvalue weighted by atomic mass is 9.99. The third-order valence-corrected chi connectivity index (χ3v) is 9.70. The summed E-state index contributed by atoms with van der Waals surface area (Å²) in [5, 5.41) is 10.4. The number of rotatable bonds is 10. The summed E-state index contributed by atoms with van der Waals surface area (Å²) in [7, 11) is -1.89. The van der Waals surface area contributed by atoms with Crippen LogP contribution in [0.15, 0.2) is 102 Å². The molecule has 1 aliphatic rings. The number of sulfonamides is 1. The van der Waals surface area contributed by atoms with Crippen molar-refractivity contribution < 1.29 is 23.1 Å². The van der Waals surface area contributed by atoms with E-state index in [0.717, 1.165) is 5.56 Å². The first-order chi connectivity index (χ1) is 21.5. The molecule has 236 valence electrons. The van der Waals surface area contributed by atoms with Gasteiger partial charge in [-0.3, -0.25) is 14.4 Å². The summed E-state index contributed by atoms with van der Waals surface area (Å²) < 4.78 is 35.1. The van der Waals surface area contributed by atoms with Gasteiger partial charge in [-0.2, -0.15) is 0 Å². The molecule has 0 radical (unpaired) electrons. The van der Waals surface area contributed by atoms with Crippen LogP contribution in [0.2, 0.25) is 5.02 Å². The van der Waals surface area contributed by atoms with Crippen LogP contribution >= 0.6 is 11.6 Å². The zero-order valence-corrected chi connectivity index (χ0v) is 27.1. The monoisotopic (exact) mass is 647 g/mol. The Labute approximate surface area is 270 Å². The van der Waals surface area contributed by atoms with E-state index in [0.29, 0.717) is 30.4 Å². The van der Waals surface area contributed by atoms with Gasteiger partial charge >= 0.3 is 0 Å². The van der Waals surface area contributed by atoms with Crippen LogP contribution in [0.1, 0.15) is 29.8 Å². The van der Waals surface area contributed by atoms with Gasteiger partial charge in [0.25, 0.3) is 15.9 Å². The van der Waals surface area contributed by atoms with Crippen molar-refractivity contribution in [1.29, 1.82) is 0 Å². The van der Waals surface area contributed by atoms with Crippen LogP contribution in [0, 0.1) is 5.92 Å². The minimum absolute atomic E-state index is 0.0448. The Morgan fingerprint density at radius 1 is 1.00 bits per heavy atom. The van der Waals surface area contributed by atoms with E-state index in [4.69, 9.17) is 16.3 Å². The molecule has 2 N–H and O–H groups in total. The summed E-state index contributed by atoms with van der Waals surface area (Å²) in [6, 6.07) is 28.9. The number of hydrogen-bond donors (Lipinski definition) is 2. The minimum atomic E-state index is -3.93. The molecule has 0 aliphatic carbocycles. The lowest BCUT2D eigenvalue weighted by molar-refractivity contribution is 0.0341. The van der Waals surface area contributed by atoms with Crippen LogP contribution in [-0.4, -0.2) is 68.1 Å². The molecule has 8 nitrogen and oxygen atoms in total. The number of nitrogens with one attached hydrogen (secondary N) is 1. The second-order valence-corrected chi connectivity index (χ2v) is 13.8. The van der Waals surface area contributed by atoms with Crippen molar-refractivity contribution in [2.75, 3.05) is 31.5 Å². The molecule has 1 aliphatic heterocycles. The highest BCUT2D eigenvalue weighted by molar-refractivity contribution is 7.92. The van der Waals surface area contributed by atoms with E-state index in [1.165, 1.54) is 41.5 Å². The first-order valence-corrected chi connectivity index (χ1v) is 16.7. The molecule has 4 aromatic rings. The summed E-state index contributed by atoms with van der Waals surface area (Å²) in [6.07, 6.45) is -0.282. The number of halogens is 1. The van der Waals surface area contributed by atoms with Gasteiger partial charge in [0.05, 0.1) is 23.1 Å². The number of fused-ring (bicyclic) bond motifs is 1. The topological polar surface area (TPSA) is 99.2 Å². The van der Waals surface area contributed by atoms with E-state index < -0.39 is 16.1 Å². The number of ether oxygens (including phenoxy) is 1. The Bertz CT molecular complexity index is 1720. The highest BCUT2D eigenvalue weighted by atomic mass is 35.5. The van der Waals surface area contributed by atoms with E-state index in [-0.39, 0.29) is 40.7 Å². The predicted octanol–water partition coefficient (Wildman–Crippen LogP) is 6.16. The number of aliphatic hydroxyl groups excluding tert-OH is 1. The van der Waals surface area contributed by atoms with Crippen LogP contribution in [-0.2, 0) is 16.6 Å². The van der Waals surface area contributed by atoms with Crippen molar-refractivity contribution in [3.8, 4) is 16.9 Å². The van der Waals surface area contributed by atoms with E-state index in [9.17, 15) is 18.3 Å². The molecule has 1 heterocycles. The van der Waals surface area contributed by atoms with Crippen LogP contribution < -0.4 is 9.46 Å². The highest BCUT2D eigenvalue weighted by Gasteiger charge is 2.33. The summed E-state index contributed by atoms with van der Waals surface area (Å²) in [5.74, 6) is -0.0277. The predicted molar refractivity (Wildman–Crippen MR) is 178 cm³/mol. The van der Waals surface area contributed by atoms with Crippen LogP contribution in [0.4, 0.5) is 5.69 Å². The van der Waals surface area contributed by atoms with Gasteiger partial charge in [0.2, 0.25) is 0 Å². The fourth-order valence-corrected chi connectivity index (χ4v) is 6.62. The largest absolute Gasteiger partial charge is 0.488 e. The van der Waals surface area contributed by atoms with Gasteiger partial charge in [0.1, 0.15) is 11.9 Å². The van der Waals surface area contributed by atoms with Gasteiger partial charge in [-0.25, -0.2) is 8.42 Å². The zero-order valence-electron chi connectivity index (χ0n) is 25.6. The fraction of sp³-hybridized carbons (Fsp3) is 0.286. The molecule has 0 fully saturated rings. The van der Waals surface area contributed by atoms with Crippen molar-refractivity contribution in [3.63, 3.8) is 0 Å². The quantitative estimate of drug-likeness (QED) is 0.214. The number of amides is 1. The number of aliphatic hydroxyl groups is 1. The molecule has 5 rings (SSSR count). The second-order valence-electron chi connectivity index (χ2n) is 11.7. The normalized spacial score (nSPS) is 17.6. The lowest BCUT2D eigenvalue weighted by Crippen LogP contribution is -2.49. The maximum absolute atomic E-state index is 13.8. The number of carbonyl (C=O) groups excluding carboxylic acids is 1. The summed E-state index contributed by atoms with van der Waals surface area (Å²) >= 11 is 5.93. The molecule has 1 amide bonds. The molecule has 45 heavy (non-hydrogen) atoms. The summed E-state index contributed by atoms with van der Waals surface area (Å²) in [5.41, 5.74) is 3.94. The zero-order chi connectivity index (χ0) is 32.1. The van der Waals surface area contributed by atoms with E-state index in [1.54, 1.807) is 24.0 Å². The molecule has 0 aromatic heterocycles. The van der Waals surface area contributed by atoms with E-state index >= 15 is 0 Å². The Morgan fingerprint density at radius 2 is 1.67 bits per heavy atom. The van der Waals surface area contributed by atoms with Crippen LogP contribution in [0.25, 0.3) is 11.1 Å². The van der Waals surface area contributed by atoms with Crippen LogP contribution in [0.5, 0.6) is 5.75 Å². The lowest BCUT2D eigenvalue weighted by Gasteiger charge is -2.38. The first-order valence-electron chi connectivity index (χ1n) is 14.9. The average molecular weight is 648 g/mol. The molecule has 0 unspecified atom stereocenters. The second kappa shape index (κ2) is 14.0. The van der Waals surface area contributed by atoms with Crippen LogP contribution in [0.3, 0.4) is 0 Å². The van der Waals surface area contributed by atoms with E-state index in [1.807, 2.05) is 32.2 Å². The van der Waals surface area contributed by atoms with Crippen molar-refractivity contribution in [2.45, 2.75) is 37.4 Å². The number of anilines is 1. The third-order valence-electron chi connectivity index (χ3n) is 8.05. The van der Waals surface area contributed by atoms with Gasteiger partial charge < -0.3 is 14.7 Å². The first kappa shape index (κ1) is 32.5. The molecule has 0 spiro atoms. The molecular formula is C35H38ClN3O5S. The molecular weight excluding hydrogens is 610 g/mol. The molecule has 10 heteroatoms. The molecule has 0 bridgehead atoms. The summed E-state index contributed by atoms with van der Waals surface area (Å²) in [4.78, 5) is 17.7. The average Bonchev–Trinajstić information content (AvgIpc) is 3.03. The molecule has 0 saturated heterocycles. The smallest absolute Gasteiger partial charge is 0.261 e. The number of carbonyl (C=O) groups is 1. The Morgan fingerprint density at radius 3 is 2.33 bits per heavy atom.